The molecule has 4 nitrogen and oxygen atoms in total. The molecule has 1 saturated heterocycles. The van der Waals surface area contributed by atoms with Crippen LogP contribution in [-0.2, 0) is 0 Å². The molecular formula is C15H21F3N2O2. The van der Waals surface area contributed by atoms with Crippen molar-refractivity contribution in [1.82, 2.24) is 10.2 Å². The van der Waals surface area contributed by atoms with Gasteiger partial charge >= 0.3 is 6.36 Å². The zero-order valence-electron chi connectivity index (χ0n) is 12.5. The molecule has 1 aliphatic heterocycles. The number of alkyl halides is 3. The third kappa shape index (κ3) is 4.51. The number of halogens is 3. The number of nitrogens with one attached hydrogen (secondary N) is 1. The summed E-state index contributed by atoms with van der Waals surface area (Å²) in [6, 6.07) is 3.59. The van der Waals surface area contributed by atoms with Crippen LogP contribution in [0.3, 0.4) is 0 Å². The van der Waals surface area contributed by atoms with Crippen LogP contribution in [0.1, 0.15) is 31.4 Å². The van der Waals surface area contributed by atoms with Gasteiger partial charge in [0.1, 0.15) is 11.5 Å². The molecule has 1 aromatic rings. The van der Waals surface area contributed by atoms with Crippen LogP contribution in [0.25, 0.3) is 0 Å². The van der Waals surface area contributed by atoms with E-state index in [2.05, 4.69) is 15.0 Å². The van der Waals surface area contributed by atoms with Crippen molar-refractivity contribution < 1.29 is 23.0 Å². The number of aromatic hydroxyl groups is 1. The zero-order valence-corrected chi connectivity index (χ0v) is 12.5. The molecule has 22 heavy (non-hydrogen) atoms. The second-order valence-corrected chi connectivity index (χ2v) is 5.36. The van der Waals surface area contributed by atoms with Gasteiger partial charge in [0.05, 0.1) is 0 Å². The van der Waals surface area contributed by atoms with Crippen LogP contribution in [0, 0.1) is 0 Å². The van der Waals surface area contributed by atoms with Crippen LogP contribution in [0.15, 0.2) is 18.2 Å². The third-order valence-corrected chi connectivity index (χ3v) is 3.75. The molecule has 0 unspecified atom stereocenters. The molecule has 0 amide bonds. The standard InChI is InChI=1S/C15H21F3N2O2/c1-2-3-13(20-8-6-19-7-9-20)12-10-11(4-5-14(12)21)22-15(16,17)18/h4-5,10,13,19,21H,2-3,6-9H2,1H3/t13-/m0/s1. The maximum absolute atomic E-state index is 12.4. The Morgan fingerprint density at radius 2 is 2.00 bits per heavy atom. The molecule has 0 spiro atoms. The first-order chi connectivity index (χ1) is 10.4. The quantitative estimate of drug-likeness (QED) is 0.876. The molecule has 0 aliphatic carbocycles. The maximum Gasteiger partial charge on any atom is 0.573 e. The Kier molecular flexibility index (Phi) is 5.52. The van der Waals surface area contributed by atoms with Crippen LogP contribution in [0.4, 0.5) is 13.2 Å². The molecule has 0 aromatic heterocycles. The maximum atomic E-state index is 12.4. The first-order valence-corrected chi connectivity index (χ1v) is 7.44. The van der Waals surface area contributed by atoms with Crippen LogP contribution in [-0.4, -0.2) is 42.5 Å². The van der Waals surface area contributed by atoms with Crippen molar-refractivity contribution in [3.05, 3.63) is 23.8 Å². The second-order valence-electron chi connectivity index (χ2n) is 5.36. The Morgan fingerprint density at radius 1 is 1.32 bits per heavy atom. The van der Waals surface area contributed by atoms with Crippen molar-refractivity contribution in [3.63, 3.8) is 0 Å². The van der Waals surface area contributed by atoms with Crippen molar-refractivity contribution in [2.24, 2.45) is 0 Å². The van der Waals surface area contributed by atoms with Crippen molar-refractivity contribution in [1.29, 1.82) is 0 Å². The number of piperazine rings is 1. The van der Waals surface area contributed by atoms with Crippen molar-refractivity contribution >= 4 is 0 Å². The van der Waals surface area contributed by atoms with Gasteiger partial charge in [-0.25, -0.2) is 0 Å². The van der Waals surface area contributed by atoms with Gasteiger partial charge in [-0.15, -0.1) is 13.2 Å². The van der Waals surface area contributed by atoms with Gasteiger partial charge < -0.3 is 15.2 Å². The molecule has 124 valence electrons. The van der Waals surface area contributed by atoms with Gasteiger partial charge in [-0.2, -0.15) is 0 Å². The monoisotopic (exact) mass is 318 g/mol. The predicted octanol–water partition coefficient (Wildman–Crippen LogP) is 3.04. The Morgan fingerprint density at radius 3 is 2.59 bits per heavy atom. The number of phenolic OH excluding ortho intramolecular Hbond substituents is 1. The molecular weight excluding hydrogens is 297 g/mol. The molecule has 0 bridgehead atoms. The van der Waals surface area contributed by atoms with E-state index in [1.165, 1.54) is 12.1 Å². The molecule has 0 saturated carbocycles. The summed E-state index contributed by atoms with van der Waals surface area (Å²) in [7, 11) is 0. The lowest BCUT2D eigenvalue weighted by atomic mass is 9.98. The normalized spacial score (nSPS) is 18.2. The highest BCUT2D eigenvalue weighted by Gasteiger charge is 2.32. The predicted molar refractivity (Wildman–Crippen MR) is 76.9 cm³/mol. The molecule has 1 atom stereocenters. The van der Waals surface area contributed by atoms with Gasteiger partial charge in [0.25, 0.3) is 0 Å². The largest absolute Gasteiger partial charge is 0.573 e. The summed E-state index contributed by atoms with van der Waals surface area (Å²) in [5.74, 6) is -0.289. The fourth-order valence-electron chi connectivity index (χ4n) is 2.80. The van der Waals surface area contributed by atoms with Crippen LogP contribution < -0.4 is 10.1 Å². The molecule has 1 aliphatic rings. The fourth-order valence-corrected chi connectivity index (χ4v) is 2.80. The molecule has 0 radical (unpaired) electrons. The molecule has 1 aromatic carbocycles. The highest BCUT2D eigenvalue weighted by molar-refractivity contribution is 5.41. The summed E-state index contributed by atoms with van der Waals surface area (Å²) in [5, 5.41) is 13.3. The summed E-state index contributed by atoms with van der Waals surface area (Å²) in [6.45, 7) is 5.28. The first-order valence-electron chi connectivity index (χ1n) is 7.44. The lowest BCUT2D eigenvalue weighted by Crippen LogP contribution is -2.45. The summed E-state index contributed by atoms with van der Waals surface area (Å²) in [6.07, 6.45) is -3.09. The third-order valence-electron chi connectivity index (χ3n) is 3.75. The fraction of sp³-hybridized carbons (Fsp3) is 0.600. The Balaban J connectivity index is 2.27. The minimum absolute atomic E-state index is 0.00603. The van der Waals surface area contributed by atoms with Crippen LogP contribution in [0.2, 0.25) is 0 Å². The highest BCUT2D eigenvalue weighted by Crippen LogP contribution is 2.36. The topological polar surface area (TPSA) is 44.7 Å². The molecule has 2 rings (SSSR count). The van der Waals surface area contributed by atoms with Crippen LogP contribution >= 0.6 is 0 Å². The lowest BCUT2D eigenvalue weighted by molar-refractivity contribution is -0.274. The number of ether oxygens (including phenoxy) is 1. The van der Waals surface area contributed by atoms with E-state index in [0.29, 0.717) is 5.56 Å². The second kappa shape index (κ2) is 7.19. The number of nitrogens with zero attached hydrogens (tertiary/aromatic N) is 1. The summed E-state index contributed by atoms with van der Waals surface area (Å²) in [4.78, 5) is 2.19. The Bertz CT molecular complexity index is 488. The highest BCUT2D eigenvalue weighted by atomic mass is 19.4. The first kappa shape index (κ1) is 16.9. The van der Waals surface area contributed by atoms with E-state index in [9.17, 15) is 18.3 Å². The molecule has 1 fully saturated rings. The Hall–Kier alpha value is -1.47. The number of hydrogen-bond donors (Lipinski definition) is 2. The van der Waals surface area contributed by atoms with Gasteiger partial charge in [-0.05, 0) is 24.6 Å². The van der Waals surface area contributed by atoms with Gasteiger partial charge in [-0.1, -0.05) is 13.3 Å². The van der Waals surface area contributed by atoms with E-state index in [-0.39, 0.29) is 17.5 Å². The van der Waals surface area contributed by atoms with E-state index in [4.69, 9.17) is 0 Å². The average molecular weight is 318 g/mol. The van der Waals surface area contributed by atoms with Crippen molar-refractivity contribution in [3.8, 4) is 11.5 Å². The zero-order chi connectivity index (χ0) is 16.2. The van der Waals surface area contributed by atoms with Gasteiger partial charge in [0.15, 0.2) is 0 Å². The van der Waals surface area contributed by atoms with Gasteiger partial charge in [0.2, 0.25) is 0 Å². The summed E-state index contributed by atoms with van der Waals surface area (Å²) >= 11 is 0. The smallest absolute Gasteiger partial charge is 0.508 e. The number of rotatable bonds is 5. The van der Waals surface area contributed by atoms with Crippen molar-refractivity contribution in [2.75, 3.05) is 26.2 Å². The average Bonchev–Trinajstić information content (AvgIpc) is 2.46. The van der Waals surface area contributed by atoms with Crippen LogP contribution in [0.5, 0.6) is 11.5 Å². The number of hydrogen-bond acceptors (Lipinski definition) is 4. The molecule has 7 heteroatoms. The van der Waals surface area contributed by atoms with Gasteiger partial charge in [-0.3, -0.25) is 4.90 Å². The summed E-state index contributed by atoms with van der Waals surface area (Å²) in [5.41, 5.74) is 0.491. The molecule has 1 heterocycles. The minimum atomic E-state index is -4.73. The van der Waals surface area contributed by atoms with E-state index in [1.807, 2.05) is 6.92 Å². The Labute approximate surface area is 127 Å². The van der Waals surface area contributed by atoms with E-state index >= 15 is 0 Å². The van der Waals surface area contributed by atoms with E-state index in [1.54, 1.807) is 0 Å². The van der Waals surface area contributed by atoms with Crippen molar-refractivity contribution in [2.45, 2.75) is 32.2 Å². The summed E-state index contributed by atoms with van der Waals surface area (Å²) < 4.78 is 41.1. The minimum Gasteiger partial charge on any atom is -0.508 e. The molecule has 2 N–H and O–H groups in total. The lowest BCUT2D eigenvalue weighted by Gasteiger charge is -2.35. The number of phenols is 1. The van der Waals surface area contributed by atoms with E-state index in [0.717, 1.165) is 45.1 Å². The SMILES string of the molecule is CCC[C@@H](c1cc(OC(F)(F)F)ccc1O)N1CCNCC1. The van der Waals surface area contributed by atoms with Gasteiger partial charge in [0, 0.05) is 37.8 Å². The van der Waals surface area contributed by atoms with E-state index < -0.39 is 6.36 Å². The number of benzene rings is 1.